The highest BCUT2D eigenvalue weighted by Gasteiger charge is 2.14. The quantitative estimate of drug-likeness (QED) is 0.401. The molecule has 0 spiro atoms. The van der Waals surface area contributed by atoms with E-state index in [-0.39, 0.29) is 11.7 Å². The number of nitrogens with one attached hydrogen (secondary N) is 1. The van der Waals surface area contributed by atoms with Gasteiger partial charge in [-0.25, -0.2) is 13.6 Å². The fraction of sp³-hybridized carbons (Fsp3) is 0.120. The largest absolute Gasteiger partial charge is 0.460 e. The number of hydrogen-bond donors (Lipinski definition) is 1. The summed E-state index contributed by atoms with van der Waals surface area (Å²) in [5, 5.41) is 2.65. The first-order valence-electron chi connectivity index (χ1n) is 9.67. The van der Waals surface area contributed by atoms with Gasteiger partial charge in [0.2, 0.25) is 0 Å². The van der Waals surface area contributed by atoms with Crippen LogP contribution in [0, 0.1) is 11.6 Å². The Hall–Kier alpha value is -3.80. The second-order valence-corrected chi connectivity index (χ2v) is 7.10. The van der Waals surface area contributed by atoms with Gasteiger partial charge in [0, 0.05) is 11.8 Å². The lowest BCUT2D eigenvalue weighted by Gasteiger charge is -2.09. The van der Waals surface area contributed by atoms with Gasteiger partial charge in [-0.3, -0.25) is 4.79 Å². The highest BCUT2D eigenvalue weighted by atomic mass is 19.1. The first kappa shape index (κ1) is 21.9. The second-order valence-electron chi connectivity index (χ2n) is 7.10. The third-order valence-electron chi connectivity index (χ3n) is 4.28. The molecule has 6 heteroatoms. The van der Waals surface area contributed by atoms with Gasteiger partial charge in [0.15, 0.2) is 0 Å². The number of benzene rings is 3. The molecule has 0 aliphatic carbocycles. The highest BCUT2D eigenvalue weighted by Crippen LogP contribution is 2.24. The number of anilines is 1. The molecule has 158 valence electrons. The maximum atomic E-state index is 14.3. The lowest BCUT2D eigenvalue weighted by atomic mass is 10.0. The zero-order chi connectivity index (χ0) is 22.4. The van der Waals surface area contributed by atoms with E-state index in [4.69, 9.17) is 4.74 Å². The average molecular weight is 421 g/mol. The summed E-state index contributed by atoms with van der Waals surface area (Å²) in [4.78, 5) is 24.3. The third-order valence-corrected chi connectivity index (χ3v) is 4.28. The molecule has 0 saturated carbocycles. The van der Waals surface area contributed by atoms with Gasteiger partial charge >= 0.3 is 5.97 Å². The predicted molar refractivity (Wildman–Crippen MR) is 116 cm³/mol. The van der Waals surface area contributed by atoms with Crippen LogP contribution in [-0.2, 0) is 9.53 Å². The molecule has 0 aliphatic heterocycles. The summed E-state index contributed by atoms with van der Waals surface area (Å²) < 4.78 is 32.8. The van der Waals surface area contributed by atoms with Crippen LogP contribution in [0.2, 0.25) is 0 Å². The third kappa shape index (κ3) is 6.09. The number of rotatable bonds is 6. The summed E-state index contributed by atoms with van der Waals surface area (Å²) in [6.07, 6.45) is 2.63. The molecular weight excluding hydrogens is 400 g/mol. The Bertz CT molecular complexity index is 1140. The van der Waals surface area contributed by atoms with E-state index in [1.807, 2.05) is 0 Å². The number of halogens is 2. The molecule has 1 N–H and O–H groups in total. The number of ether oxygens (including phenoxy) is 1. The van der Waals surface area contributed by atoms with Gasteiger partial charge < -0.3 is 10.1 Å². The Kier molecular flexibility index (Phi) is 6.92. The van der Waals surface area contributed by atoms with Gasteiger partial charge in [-0.05, 0) is 73.0 Å². The predicted octanol–water partition coefficient (Wildman–Crippen LogP) is 5.85. The molecule has 3 aromatic carbocycles. The molecule has 0 bridgehead atoms. The van der Waals surface area contributed by atoms with Crippen LogP contribution < -0.4 is 5.32 Å². The Morgan fingerprint density at radius 1 is 0.935 bits per heavy atom. The molecule has 3 rings (SSSR count). The first-order chi connectivity index (χ1) is 14.8. The van der Waals surface area contributed by atoms with Crippen molar-refractivity contribution in [3.63, 3.8) is 0 Å². The number of amides is 1. The topological polar surface area (TPSA) is 55.4 Å². The molecule has 0 atom stereocenters. The zero-order valence-electron chi connectivity index (χ0n) is 17.1. The minimum atomic E-state index is -0.690. The van der Waals surface area contributed by atoms with Crippen LogP contribution in [0.25, 0.3) is 17.2 Å². The summed E-state index contributed by atoms with van der Waals surface area (Å²) in [5.41, 5.74) is 1.98. The molecule has 1 amide bonds. The van der Waals surface area contributed by atoms with Gasteiger partial charge in [-0.1, -0.05) is 30.3 Å². The van der Waals surface area contributed by atoms with Gasteiger partial charge in [-0.2, -0.15) is 0 Å². The Balaban J connectivity index is 1.78. The van der Waals surface area contributed by atoms with Crippen molar-refractivity contribution in [1.29, 1.82) is 0 Å². The summed E-state index contributed by atoms with van der Waals surface area (Å²) in [7, 11) is 0. The average Bonchev–Trinajstić information content (AvgIpc) is 2.72. The molecule has 3 aromatic rings. The van der Waals surface area contributed by atoms with E-state index in [2.05, 4.69) is 5.32 Å². The first-order valence-corrected chi connectivity index (χ1v) is 9.67. The van der Waals surface area contributed by atoms with Gasteiger partial charge in [0.25, 0.3) is 5.91 Å². The van der Waals surface area contributed by atoms with Crippen LogP contribution in [0.1, 0.15) is 29.8 Å². The van der Waals surface area contributed by atoms with E-state index in [0.717, 1.165) is 0 Å². The molecule has 0 aliphatic rings. The normalized spacial score (nSPS) is 11.0. The van der Waals surface area contributed by atoms with Crippen molar-refractivity contribution in [2.24, 2.45) is 0 Å². The van der Waals surface area contributed by atoms with E-state index in [0.29, 0.717) is 22.4 Å². The number of esters is 1. The van der Waals surface area contributed by atoms with Crippen LogP contribution >= 0.6 is 0 Å². The molecule has 0 aromatic heterocycles. The van der Waals surface area contributed by atoms with Crippen LogP contribution in [0.5, 0.6) is 0 Å². The van der Waals surface area contributed by atoms with Crippen LogP contribution in [0.4, 0.5) is 14.5 Å². The molecule has 0 unspecified atom stereocenters. The lowest BCUT2D eigenvalue weighted by Crippen LogP contribution is -2.14. The van der Waals surface area contributed by atoms with Crippen molar-refractivity contribution in [2.45, 2.75) is 20.0 Å². The zero-order valence-corrected chi connectivity index (χ0v) is 17.1. The van der Waals surface area contributed by atoms with Gasteiger partial charge in [-0.15, -0.1) is 0 Å². The van der Waals surface area contributed by atoms with Crippen LogP contribution in [0.15, 0.2) is 72.8 Å². The second kappa shape index (κ2) is 9.80. The lowest BCUT2D eigenvalue weighted by molar-refractivity contribution is -0.141. The SMILES string of the molecule is CC(C)OC(=O)/C=C/c1cccc(NC(=O)c2cc(-c3cccc(F)c3)ccc2F)c1. The van der Waals surface area contributed by atoms with Crippen LogP contribution in [-0.4, -0.2) is 18.0 Å². The fourth-order valence-electron chi connectivity index (χ4n) is 2.90. The van der Waals surface area contributed by atoms with E-state index in [1.54, 1.807) is 56.3 Å². The molecule has 0 radical (unpaired) electrons. The van der Waals surface area contributed by atoms with E-state index < -0.39 is 23.5 Å². The molecule has 0 saturated heterocycles. The van der Waals surface area contributed by atoms with Crippen molar-refractivity contribution in [1.82, 2.24) is 0 Å². The summed E-state index contributed by atoms with van der Waals surface area (Å²) in [6.45, 7) is 3.51. The van der Waals surface area contributed by atoms with E-state index in [1.165, 1.54) is 36.4 Å². The molecule has 0 fully saturated rings. The summed E-state index contributed by atoms with van der Waals surface area (Å²) in [5.74, 6) is -2.23. The Morgan fingerprint density at radius 3 is 2.42 bits per heavy atom. The Morgan fingerprint density at radius 2 is 1.68 bits per heavy atom. The monoisotopic (exact) mass is 421 g/mol. The van der Waals surface area contributed by atoms with E-state index in [9.17, 15) is 18.4 Å². The number of hydrogen-bond acceptors (Lipinski definition) is 3. The summed E-state index contributed by atoms with van der Waals surface area (Å²) >= 11 is 0. The summed E-state index contributed by atoms with van der Waals surface area (Å²) in [6, 6.07) is 16.6. The van der Waals surface area contributed by atoms with Gasteiger partial charge in [0.05, 0.1) is 11.7 Å². The number of carbonyl (C=O) groups excluding carboxylic acids is 2. The molecule has 4 nitrogen and oxygen atoms in total. The highest BCUT2D eigenvalue weighted by molar-refractivity contribution is 6.05. The van der Waals surface area contributed by atoms with Crippen molar-refractivity contribution in [3.05, 3.63) is 95.6 Å². The van der Waals surface area contributed by atoms with E-state index >= 15 is 0 Å². The Labute approximate surface area is 179 Å². The van der Waals surface area contributed by atoms with Crippen molar-refractivity contribution >= 4 is 23.6 Å². The fourth-order valence-corrected chi connectivity index (χ4v) is 2.90. The number of carbonyl (C=O) groups is 2. The molecule has 31 heavy (non-hydrogen) atoms. The van der Waals surface area contributed by atoms with Gasteiger partial charge in [0.1, 0.15) is 11.6 Å². The molecular formula is C25H21F2NO3. The maximum Gasteiger partial charge on any atom is 0.331 e. The maximum absolute atomic E-state index is 14.3. The van der Waals surface area contributed by atoms with Crippen molar-refractivity contribution in [2.75, 3.05) is 5.32 Å². The van der Waals surface area contributed by atoms with Crippen molar-refractivity contribution in [3.8, 4) is 11.1 Å². The minimum absolute atomic E-state index is 0.164. The standard InChI is InChI=1S/C25H21F2NO3/c1-16(2)31-24(29)12-9-17-5-3-8-21(13-17)28-25(30)22-15-19(10-11-23(22)27)18-6-4-7-20(26)14-18/h3-16H,1-2H3,(H,28,30)/b12-9+. The minimum Gasteiger partial charge on any atom is -0.460 e. The van der Waals surface area contributed by atoms with Crippen molar-refractivity contribution < 1.29 is 23.1 Å². The molecule has 0 heterocycles. The smallest absolute Gasteiger partial charge is 0.331 e. The van der Waals surface area contributed by atoms with Crippen LogP contribution in [0.3, 0.4) is 0 Å².